The van der Waals surface area contributed by atoms with E-state index in [1.807, 2.05) is 0 Å². The van der Waals surface area contributed by atoms with Crippen molar-refractivity contribution in [2.75, 3.05) is 0 Å². The molecule has 4 heteroatoms. The fourth-order valence-corrected chi connectivity index (χ4v) is 3.95. The van der Waals surface area contributed by atoms with Crippen LogP contribution in [0.25, 0.3) is 0 Å². The molecule has 3 atom stereocenters. The van der Waals surface area contributed by atoms with Crippen LogP contribution in [0.5, 0.6) is 0 Å². The van der Waals surface area contributed by atoms with Gasteiger partial charge in [-0.05, 0) is 24.8 Å². The lowest BCUT2D eigenvalue weighted by atomic mass is 9.89. The summed E-state index contributed by atoms with van der Waals surface area (Å²) in [5.41, 5.74) is 5.96. The highest BCUT2D eigenvalue weighted by atomic mass is 16.6. The average Bonchev–Trinajstić information content (AvgIpc) is 2.69. The molecule has 0 aliphatic rings. The number of hydrogen-bond donors (Lipinski definition) is 1. The predicted molar refractivity (Wildman–Crippen MR) is 122 cm³/mol. The third-order valence-corrected chi connectivity index (χ3v) is 6.05. The van der Waals surface area contributed by atoms with Crippen molar-refractivity contribution in [1.82, 2.24) is 0 Å². The van der Waals surface area contributed by atoms with Crippen LogP contribution in [0.1, 0.15) is 123 Å². The lowest BCUT2D eigenvalue weighted by Crippen LogP contribution is -2.20. The van der Waals surface area contributed by atoms with Gasteiger partial charge in [-0.25, -0.2) is 0 Å². The smallest absolute Gasteiger partial charge is 0.231 e. The maximum absolute atomic E-state index is 11.2. The SMILES string of the molecule is C=CC(CC(CCCCCCC)CCCCCCCCCC(N)CC)[N+](=O)[O-]. The monoisotopic (exact) mass is 396 g/mol. The Bertz CT molecular complexity index is 374. The van der Waals surface area contributed by atoms with Gasteiger partial charge in [-0.1, -0.05) is 110 Å². The summed E-state index contributed by atoms with van der Waals surface area (Å²) >= 11 is 0. The Labute approximate surface area is 174 Å². The highest BCUT2D eigenvalue weighted by Gasteiger charge is 2.21. The molecule has 4 nitrogen and oxygen atoms in total. The quantitative estimate of drug-likeness (QED) is 0.0948. The van der Waals surface area contributed by atoms with Crippen LogP contribution in [0, 0.1) is 16.0 Å². The summed E-state index contributed by atoms with van der Waals surface area (Å²) in [5, 5.41) is 11.2. The van der Waals surface area contributed by atoms with E-state index in [0.717, 1.165) is 25.7 Å². The van der Waals surface area contributed by atoms with E-state index in [2.05, 4.69) is 20.4 Å². The largest absolute Gasteiger partial charge is 0.328 e. The third kappa shape index (κ3) is 16.1. The number of nitrogens with two attached hydrogens (primary N) is 1. The molecule has 0 rings (SSSR count). The van der Waals surface area contributed by atoms with Crippen LogP contribution in [-0.4, -0.2) is 17.0 Å². The fourth-order valence-electron chi connectivity index (χ4n) is 3.95. The maximum Gasteiger partial charge on any atom is 0.231 e. The summed E-state index contributed by atoms with van der Waals surface area (Å²) in [6.07, 6.45) is 22.0. The van der Waals surface area contributed by atoms with Gasteiger partial charge in [0.15, 0.2) is 0 Å². The first-order valence-electron chi connectivity index (χ1n) is 12.1. The van der Waals surface area contributed by atoms with Crippen LogP contribution in [0.3, 0.4) is 0 Å². The summed E-state index contributed by atoms with van der Waals surface area (Å²) in [6, 6.07) is -0.187. The van der Waals surface area contributed by atoms with Gasteiger partial charge in [0.25, 0.3) is 0 Å². The second-order valence-corrected chi connectivity index (χ2v) is 8.61. The topological polar surface area (TPSA) is 69.2 Å². The molecule has 166 valence electrons. The van der Waals surface area contributed by atoms with Gasteiger partial charge in [0.1, 0.15) is 0 Å². The molecule has 0 saturated carbocycles. The predicted octanol–water partition coefficient (Wildman–Crippen LogP) is 7.43. The molecule has 0 aliphatic carbocycles. The first-order chi connectivity index (χ1) is 13.5. The van der Waals surface area contributed by atoms with Gasteiger partial charge in [-0.15, -0.1) is 0 Å². The Hall–Kier alpha value is -0.900. The minimum absolute atomic E-state index is 0.165. The van der Waals surface area contributed by atoms with Crippen LogP contribution in [0.2, 0.25) is 0 Å². The molecular formula is C24H48N2O2. The molecule has 28 heavy (non-hydrogen) atoms. The molecule has 0 aromatic rings. The van der Waals surface area contributed by atoms with E-state index < -0.39 is 6.04 Å². The summed E-state index contributed by atoms with van der Waals surface area (Å²) in [5.74, 6) is 0.477. The minimum atomic E-state index is -0.574. The number of nitro groups is 1. The first-order valence-corrected chi connectivity index (χ1v) is 12.1. The molecule has 0 aromatic carbocycles. The normalized spacial score (nSPS) is 14.5. The Morgan fingerprint density at radius 3 is 1.75 bits per heavy atom. The lowest BCUT2D eigenvalue weighted by Gasteiger charge is -2.18. The van der Waals surface area contributed by atoms with E-state index in [9.17, 15) is 10.1 Å². The standard InChI is InChI=1S/C24H48N2O2/c1-4-7-8-12-15-18-22(21-24(6-3)26(27)28)19-16-13-10-9-11-14-17-20-23(25)5-2/h6,22-24H,3-5,7-21,25H2,1-2H3. The molecule has 3 unspecified atom stereocenters. The summed E-state index contributed by atoms with van der Waals surface area (Å²) < 4.78 is 0. The van der Waals surface area contributed by atoms with Gasteiger partial charge in [0.05, 0.1) is 0 Å². The number of rotatable bonds is 21. The molecule has 0 amide bonds. The molecule has 0 spiro atoms. The van der Waals surface area contributed by atoms with Gasteiger partial charge in [-0.2, -0.15) is 0 Å². The van der Waals surface area contributed by atoms with E-state index in [1.54, 1.807) is 0 Å². The van der Waals surface area contributed by atoms with E-state index in [1.165, 1.54) is 83.1 Å². The Balaban J connectivity index is 3.95. The van der Waals surface area contributed by atoms with Crippen molar-refractivity contribution in [3.8, 4) is 0 Å². The van der Waals surface area contributed by atoms with Crippen LogP contribution in [-0.2, 0) is 0 Å². The van der Waals surface area contributed by atoms with Crippen LogP contribution in [0.15, 0.2) is 12.7 Å². The molecule has 2 N–H and O–H groups in total. The molecule has 0 heterocycles. The average molecular weight is 397 g/mol. The molecular weight excluding hydrogens is 348 g/mol. The van der Waals surface area contributed by atoms with Crippen molar-refractivity contribution in [1.29, 1.82) is 0 Å². The van der Waals surface area contributed by atoms with Gasteiger partial charge in [0.2, 0.25) is 6.04 Å². The zero-order valence-corrected chi connectivity index (χ0v) is 18.9. The summed E-state index contributed by atoms with van der Waals surface area (Å²) in [6.45, 7) is 8.06. The number of hydrogen-bond acceptors (Lipinski definition) is 3. The highest BCUT2D eigenvalue weighted by Crippen LogP contribution is 2.24. The molecule has 0 aliphatic heterocycles. The van der Waals surface area contributed by atoms with Gasteiger partial charge < -0.3 is 5.73 Å². The molecule has 0 aromatic heterocycles. The fraction of sp³-hybridized carbons (Fsp3) is 0.917. The van der Waals surface area contributed by atoms with Gasteiger partial charge in [-0.3, -0.25) is 10.1 Å². The Morgan fingerprint density at radius 2 is 1.32 bits per heavy atom. The second-order valence-electron chi connectivity index (χ2n) is 8.61. The third-order valence-electron chi connectivity index (χ3n) is 6.05. The minimum Gasteiger partial charge on any atom is -0.328 e. The van der Waals surface area contributed by atoms with Crippen LogP contribution < -0.4 is 5.73 Å². The maximum atomic E-state index is 11.2. The lowest BCUT2D eigenvalue weighted by molar-refractivity contribution is -0.511. The van der Waals surface area contributed by atoms with Gasteiger partial charge in [0, 0.05) is 17.4 Å². The second kappa shape index (κ2) is 19.4. The highest BCUT2D eigenvalue weighted by molar-refractivity contribution is 4.81. The molecule has 0 radical (unpaired) electrons. The first kappa shape index (κ1) is 27.1. The van der Waals surface area contributed by atoms with Crippen molar-refractivity contribution >= 4 is 0 Å². The van der Waals surface area contributed by atoms with Crippen molar-refractivity contribution < 1.29 is 4.92 Å². The van der Waals surface area contributed by atoms with Crippen molar-refractivity contribution in [2.45, 2.75) is 135 Å². The van der Waals surface area contributed by atoms with E-state index in [0.29, 0.717) is 18.4 Å². The zero-order valence-electron chi connectivity index (χ0n) is 18.9. The Kier molecular flexibility index (Phi) is 18.8. The van der Waals surface area contributed by atoms with E-state index in [4.69, 9.17) is 5.73 Å². The van der Waals surface area contributed by atoms with Crippen LogP contribution in [0.4, 0.5) is 0 Å². The Morgan fingerprint density at radius 1 is 0.857 bits per heavy atom. The zero-order chi connectivity index (χ0) is 21.0. The summed E-state index contributed by atoms with van der Waals surface area (Å²) in [7, 11) is 0. The van der Waals surface area contributed by atoms with Crippen molar-refractivity contribution in [3.63, 3.8) is 0 Å². The van der Waals surface area contributed by atoms with E-state index >= 15 is 0 Å². The van der Waals surface area contributed by atoms with E-state index in [-0.39, 0.29) is 4.92 Å². The van der Waals surface area contributed by atoms with Crippen molar-refractivity contribution in [2.24, 2.45) is 11.7 Å². The van der Waals surface area contributed by atoms with Gasteiger partial charge >= 0.3 is 0 Å². The van der Waals surface area contributed by atoms with Crippen molar-refractivity contribution in [3.05, 3.63) is 22.8 Å². The summed E-state index contributed by atoms with van der Waals surface area (Å²) in [4.78, 5) is 11.0. The molecule has 0 saturated heterocycles. The molecule has 0 bridgehead atoms. The number of unbranched alkanes of at least 4 members (excludes halogenated alkanes) is 10. The van der Waals surface area contributed by atoms with Crippen LogP contribution >= 0.6 is 0 Å². The molecule has 0 fully saturated rings. The number of nitrogens with zero attached hydrogens (tertiary/aromatic N) is 1.